The van der Waals surface area contributed by atoms with Crippen molar-refractivity contribution in [2.45, 2.75) is 46.1 Å². The van der Waals surface area contributed by atoms with Crippen LogP contribution in [0.1, 0.15) is 67.7 Å². The summed E-state index contributed by atoms with van der Waals surface area (Å²) in [5.41, 5.74) is 2.79. The quantitative estimate of drug-likeness (QED) is 0.873. The van der Waals surface area contributed by atoms with Gasteiger partial charge in [-0.05, 0) is 29.4 Å². The van der Waals surface area contributed by atoms with Crippen LogP contribution >= 0.6 is 0 Å². The minimum absolute atomic E-state index is 0.0458. The largest absolute Gasteiger partial charge is 0.344 e. The molecule has 23 heavy (non-hydrogen) atoms. The highest BCUT2D eigenvalue weighted by atomic mass is 16.1. The smallest absolute Gasteiger partial charge is 0.271 e. The molecule has 0 unspecified atom stereocenters. The van der Waals surface area contributed by atoms with Crippen LogP contribution in [-0.4, -0.2) is 15.9 Å². The molecule has 0 spiro atoms. The molecule has 0 radical (unpaired) electrons. The second kappa shape index (κ2) is 7.86. The van der Waals surface area contributed by atoms with Crippen molar-refractivity contribution in [3.05, 3.63) is 59.7 Å². The molecular formula is C19H25N3O. The first-order valence-corrected chi connectivity index (χ1v) is 8.19. The normalized spacial score (nSPS) is 13.6. The Balaban J connectivity index is 2.17. The summed E-state index contributed by atoms with van der Waals surface area (Å²) in [6.07, 6.45) is 5.69. The Morgan fingerprint density at radius 3 is 2.26 bits per heavy atom. The van der Waals surface area contributed by atoms with Crippen molar-refractivity contribution in [2.24, 2.45) is 5.92 Å². The highest BCUT2D eigenvalue weighted by Gasteiger charge is 2.20. The maximum atomic E-state index is 12.3. The van der Waals surface area contributed by atoms with E-state index in [4.69, 9.17) is 0 Å². The molecule has 4 nitrogen and oxygen atoms in total. The molecule has 4 heteroatoms. The lowest BCUT2D eigenvalue weighted by Gasteiger charge is -2.23. The second-order valence-corrected chi connectivity index (χ2v) is 6.26. The van der Waals surface area contributed by atoms with Crippen molar-refractivity contribution in [1.82, 2.24) is 15.3 Å². The summed E-state index contributed by atoms with van der Waals surface area (Å²) in [6.45, 7) is 8.62. The summed E-state index contributed by atoms with van der Waals surface area (Å²) in [6, 6.07) is 8.50. The molecule has 2 atom stereocenters. The van der Waals surface area contributed by atoms with Crippen LogP contribution in [0.5, 0.6) is 0 Å². The summed E-state index contributed by atoms with van der Waals surface area (Å²) in [7, 11) is 0. The van der Waals surface area contributed by atoms with Crippen LogP contribution in [0, 0.1) is 5.92 Å². The first-order valence-electron chi connectivity index (χ1n) is 8.19. The van der Waals surface area contributed by atoms with E-state index in [1.807, 2.05) is 0 Å². The third-order valence-electron chi connectivity index (χ3n) is 4.23. The zero-order valence-electron chi connectivity index (χ0n) is 14.3. The number of benzene rings is 1. The van der Waals surface area contributed by atoms with Gasteiger partial charge in [-0.25, -0.2) is 4.98 Å². The molecule has 0 saturated heterocycles. The summed E-state index contributed by atoms with van der Waals surface area (Å²) in [5, 5.41) is 3.07. The monoisotopic (exact) mass is 311 g/mol. The first kappa shape index (κ1) is 17.1. The molecule has 1 N–H and O–H groups in total. The van der Waals surface area contributed by atoms with Crippen molar-refractivity contribution >= 4 is 5.91 Å². The number of hydrogen-bond donors (Lipinski definition) is 1. The van der Waals surface area contributed by atoms with Crippen molar-refractivity contribution in [3.8, 4) is 0 Å². The van der Waals surface area contributed by atoms with Crippen LogP contribution < -0.4 is 5.32 Å². The Labute approximate surface area is 138 Å². The van der Waals surface area contributed by atoms with Gasteiger partial charge in [-0.15, -0.1) is 0 Å². The molecule has 1 amide bonds. The molecular weight excluding hydrogens is 286 g/mol. The van der Waals surface area contributed by atoms with Crippen LogP contribution in [-0.2, 0) is 0 Å². The average Bonchev–Trinajstić information content (AvgIpc) is 2.59. The van der Waals surface area contributed by atoms with Crippen molar-refractivity contribution in [2.75, 3.05) is 0 Å². The van der Waals surface area contributed by atoms with Gasteiger partial charge < -0.3 is 5.32 Å². The van der Waals surface area contributed by atoms with Crippen LogP contribution in [0.2, 0.25) is 0 Å². The van der Waals surface area contributed by atoms with Gasteiger partial charge in [0.2, 0.25) is 0 Å². The highest BCUT2D eigenvalue weighted by Crippen LogP contribution is 2.25. The van der Waals surface area contributed by atoms with E-state index in [0.29, 0.717) is 11.6 Å². The van der Waals surface area contributed by atoms with Crippen molar-refractivity contribution < 1.29 is 4.79 Å². The fourth-order valence-electron chi connectivity index (χ4n) is 2.53. The molecule has 0 aliphatic rings. The predicted molar refractivity (Wildman–Crippen MR) is 92.2 cm³/mol. The SMILES string of the molecule is CC[C@H](C)c1ccc([C@@H](NC(=O)c2cnccn2)C(C)C)cc1. The number of amides is 1. The van der Waals surface area contributed by atoms with Gasteiger partial charge in [-0.1, -0.05) is 52.0 Å². The third kappa shape index (κ3) is 4.38. The zero-order chi connectivity index (χ0) is 16.8. The van der Waals surface area contributed by atoms with E-state index in [1.54, 1.807) is 6.20 Å². The predicted octanol–water partition coefficient (Wildman–Crippen LogP) is 4.12. The fourth-order valence-corrected chi connectivity index (χ4v) is 2.53. The van der Waals surface area contributed by atoms with E-state index in [2.05, 4.69) is 67.2 Å². The number of rotatable bonds is 6. The Hall–Kier alpha value is -2.23. The fraction of sp³-hybridized carbons (Fsp3) is 0.421. The van der Waals surface area contributed by atoms with Crippen molar-refractivity contribution in [1.29, 1.82) is 0 Å². The molecule has 0 fully saturated rings. The van der Waals surface area contributed by atoms with E-state index < -0.39 is 0 Å². The lowest BCUT2D eigenvalue weighted by molar-refractivity contribution is 0.0920. The number of nitrogens with zero attached hydrogens (tertiary/aromatic N) is 2. The molecule has 122 valence electrons. The van der Waals surface area contributed by atoms with E-state index in [9.17, 15) is 4.79 Å². The minimum Gasteiger partial charge on any atom is -0.344 e. The van der Waals surface area contributed by atoms with Gasteiger partial charge >= 0.3 is 0 Å². The molecule has 1 heterocycles. The van der Waals surface area contributed by atoms with Crippen LogP contribution in [0.4, 0.5) is 0 Å². The Kier molecular flexibility index (Phi) is 5.85. The molecule has 0 bridgehead atoms. The number of aromatic nitrogens is 2. The summed E-state index contributed by atoms with van der Waals surface area (Å²) in [5.74, 6) is 0.642. The van der Waals surface area contributed by atoms with Gasteiger partial charge in [0.25, 0.3) is 5.91 Å². The zero-order valence-corrected chi connectivity index (χ0v) is 14.3. The topological polar surface area (TPSA) is 54.9 Å². The summed E-state index contributed by atoms with van der Waals surface area (Å²) < 4.78 is 0. The maximum Gasteiger partial charge on any atom is 0.271 e. The highest BCUT2D eigenvalue weighted by molar-refractivity contribution is 5.92. The van der Waals surface area contributed by atoms with Crippen LogP contribution in [0.15, 0.2) is 42.9 Å². The van der Waals surface area contributed by atoms with Gasteiger partial charge in [0, 0.05) is 12.4 Å². The molecule has 0 aliphatic heterocycles. The molecule has 1 aromatic carbocycles. The van der Waals surface area contributed by atoms with Crippen molar-refractivity contribution in [3.63, 3.8) is 0 Å². The Morgan fingerprint density at radius 2 is 1.74 bits per heavy atom. The van der Waals surface area contributed by atoms with E-state index >= 15 is 0 Å². The lowest BCUT2D eigenvalue weighted by Crippen LogP contribution is -2.32. The van der Waals surface area contributed by atoms with Crippen LogP contribution in [0.25, 0.3) is 0 Å². The molecule has 1 aromatic heterocycles. The van der Waals surface area contributed by atoms with E-state index in [1.165, 1.54) is 18.0 Å². The summed E-state index contributed by atoms with van der Waals surface area (Å²) in [4.78, 5) is 20.3. The number of nitrogens with one attached hydrogen (secondary N) is 1. The molecule has 0 saturated carbocycles. The lowest BCUT2D eigenvalue weighted by atomic mass is 9.92. The Morgan fingerprint density at radius 1 is 1.09 bits per heavy atom. The van der Waals surface area contributed by atoms with Gasteiger partial charge in [0.15, 0.2) is 0 Å². The van der Waals surface area contributed by atoms with Gasteiger partial charge in [0.1, 0.15) is 5.69 Å². The van der Waals surface area contributed by atoms with Gasteiger partial charge in [-0.3, -0.25) is 9.78 Å². The van der Waals surface area contributed by atoms with Gasteiger partial charge in [-0.2, -0.15) is 0 Å². The average molecular weight is 311 g/mol. The summed E-state index contributed by atoms with van der Waals surface area (Å²) >= 11 is 0. The number of hydrogen-bond acceptors (Lipinski definition) is 3. The van der Waals surface area contributed by atoms with Gasteiger partial charge in [0.05, 0.1) is 12.2 Å². The second-order valence-electron chi connectivity index (χ2n) is 6.26. The first-order chi connectivity index (χ1) is 11.0. The number of carbonyl (C=O) groups is 1. The Bertz CT molecular complexity index is 623. The van der Waals surface area contributed by atoms with E-state index in [0.717, 1.165) is 12.0 Å². The standard InChI is InChI=1S/C19H25N3O/c1-5-14(4)15-6-8-16(9-7-15)18(13(2)3)22-19(23)17-12-20-10-11-21-17/h6-14,18H,5H2,1-4H3,(H,22,23)/t14-,18-/m0/s1. The minimum atomic E-state index is -0.192. The molecule has 2 rings (SSSR count). The van der Waals surface area contributed by atoms with Crippen LogP contribution in [0.3, 0.4) is 0 Å². The number of carbonyl (C=O) groups excluding carboxylic acids is 1. The molecule has 2 aromatic rings. The third-order valence-corrected chi connectivity index (χ3v) is 4.23. The van der Waals surface area contributed by atoms with E-state index in [-0.39, 0.29) is 17.9 Å². The molecule has 0 aliphatic carbocycles. The maximum absolute atomic E-state index is 12.3.